The van der Waals surface area contributed by atoms with Crippen molar-refractivity contribution in [3.8, 4) is 0 Å². The summed E-state index contributed by atoms with van der Waals surface area (Å²) in [6.45, 7) is 1.98. The van der Waals surface area contributed by atoms with Crippen molar-refractivity contribution in [2.75, 3.05) is 18.1 Å². The summed E-state index contributed by atoms with van der Waals surface area (Å²) in [6.07, 6.45) is 1.99. The van der Waals surface area contributed by atoms with Gasteiger partial charge in [-0.3, -0.25) is 14.5 Å². The van der Waals surface area contributed by atoms with Crippen molar-refractivity contribution >= 4 is 67.4 Å². The largest absolute Gasteiger partial charge is 0.332 e. The number of hydrogen-bond acceptors (Lipinski definition) is 7. The maximum Gasteiger partial charge on any atom is 0.266 e. The smallest absolute Gasteiger partial charge is 0.266 e. The van der Waals surface area contributed by atoms with Crippen LogP contribution in [0.3, 0.4) is 0 Å². The van der Waals surface area contributed by atoms with Crippen molar-refractivity contribution in [3.05, 3.63) is 62.4 Å². The Morgan fingerprint density at radius 2 is 2.03 bits per heavy atom. The third-order valence-electron chi connectivity index (χ3n) is 5.59. The first-order valence-electron chi connectivity index (χ1n) is 10.2. The fourth-order valence-corrected chi connectivity index (χ4v) is 7.63. The fourth-order valence-electron chi connectivity index (χ4n) is 3.74. The number of carbonyl (C=O) groups excluding carboxylic acids is 2. The molecule has 0 spiro atoms. The number of rotatable bonds is 6. The summed E-state index contributed by atoms with van der Waals surface area (Å²) in [5.74, 6) is -1.14. The van der Waals surface area contributed by atoms with Crippen molar-refractivity contribution < 1.29 is 22.4 Å². The van der Waals surface area contributed by atoms with Gasteiger partial charge in [0.2, 0.25) is 5.91 Å². The molecule has 33 heavy (non-hydrogen) atoms. The molecule has 1 atom stereocenters. The molecular formula is C22H21FN2O4S4. The number of aryl methyl sites for hydroxylation is 1. The number of hydrogen-bond donors (Lipinski definition) is 0. The van der Waals surface area contributed by atoms with Gasteiger partial charge < -0.3 is 4.90 Å². The molecule has 2 saturated heterocycles. The number of thiocarbonyl (C=S) groups is 1. The summed E-state index contributed by atoms with van der Waals surface area (Å²) in [5.41, 5.74) is 1.68. The van der Waals surface area contributed by atoms with Crippen molar-refractivity contribution in [2.45, 2.75) is 25.9 Å². The van der Waals surface area contributed by atoms with E-state index in [0.29, 0.717) is 23.4 Å². The van der Waals surface area contributed by atoms with Gasteiger partial charge in [0.1, 0.15) is 16.7 Å². The first-order valence-corrected chi connectivity index (χ1v) is 14.1. The quantitative estimate of drug-likeness (QED) is 0.425. The zero-order chi connectivity index (χ0) is 23.8. The summed E-state index contributed by atoms with van der Waals surface area (Å²) in [7, 11) is -3.20. The number of carbonyl (C=O) groups is 2. The van der Waals surface area contributed by atoms with Crippen molar-refractivity contribution in [1.82, 2.24) is 9.80 Å². The Balaban J connectivity index is 1.53. The molecule has 0 aliphatic carbocycles. The van der Waals surface area contributed by atoms with Crippen LogP contribution in [0.5, 0.6) is 0 Å². The Morgan fingerprint density at radius 3 is 2.64 bits per heavy atom. The first-order chi connectivity index (χ1) is 15.6. The molecular weight excluding hydrogens is 504 g/mol. The van der Waals surface area contributed by atoms with Crippen LogP contribution >= 0.6 is 35.3 Å². The first kappa shape index (κ1) is 24.1. The third kappa shape index (κ3) is 5.53. The molecule has 0 N–H and O–H groups in total. The second-order valence-corrected chi connectivity index (χ2v) is 12.8. The van der Waals surface area contributed by atoms with E-state index in [-0.39, 0.29) is 34.1 Å². The van der Waals surface area contributed by atoms with Gasteiger partial charge in [-0.05, 0) is 54.1 Å². The lowest BCUT2D eigenvalue weighted by Gasteiger charge is -2.29. The molecule has 1 aromatic heterocycles. The van der Waals surface area contributed by atoms with Crippen LogP contribution in [-0.4, -0.2) is 58.4 Å². The van der Waals surface area contributed by atoms with Crippen LogP contribution in [0.4, 0.5) is 4.39 Å². The van der Waals surface area contributed by atoms with E-state index in [1.165, 1.54) is 28.4 Å². The van der Waals surface area contributed by atoms with Crippen LogP contribution in [0.1, 0.15) is 22.4 Å². The van der Waals surface area contributed by atoms with Crippen LogP contribution in [0.15, 0.2) is 40.6 Å². The highest BCUT2D eigenvalue weighted by Gasteiger charge is 2.38. The third-order valence-corrected chi connectivity index (χ3v) is 9.72. The Labute approximate surface area is 205 Å². The molecule has 0 radical (unpaired) electrons. The molecule has 11 heteroatoms. The van der Waals surface area contributed by atoms with E-state index in [9.17, 15) is 22.4 Å². The average Bonchev–Trinajstić information content (AvgIpc) is 3.41. The Hall–Kier alpha value is -2.08. The Kier molecular flexibility index (Phi) is 7.04. The number of thiophene rings is 1. The van der Waals surface area contributed by atoms with E-state index in [0.717, 1.165) is 22.2 Å². The minimum absolute atomic E-state index is 0.0480. The molecule has 2 aliphatic heterocycles. The standard InChI is InChI=1S/C22H21FN2O4S4/c1-14-6-8-31-19(14)11-24(17-7-9-33(28,29)13-17)20(26)12-25-21(27)18(32-22(25)30)10-15-2-4-16(23)5-3-15/h2-6,8,10,17H,7,9,11-13H2,1H3/b18-10-. The normalized spacial score (nSPS) is 21.2. The van der Waals surface area contributed by atoms with E-state index in [1.807, 2.05) is 18.4 Å². The van der Waals surface area contributed by atoms with Gasteiger partial charge in [0, 0.05) is 10.9 Å². The summed E-state index contributed by atoms with van der Waals surface area (Å²) < 4.78 is 37.6. The zero-order valence-electron chi connectivity index (χ0n) is 17.7. The lowest BCUT2D eigenvalue weighted by molar-refractivity contribution is -0.137. The van der Waals surface area contributed by atoms with Crippen molar-refractivity contribution in [2.24, 2.45) is 0 Å². The summed E-state index contributed by atoms with van der Waals surface area (Å²) in [5, 5.41) is 1.93. The zero-order valence-corrected chi connectivity index (χ0v) is 21.0. The summed E-state index contributed by atoms with van der Waals surface area (Å²) in [4.78, 5) is 30.4. The van der Waals surface area contributed by atoms with E-state index in [1.54, 1.807) is 23.1 Å². The van der Waals surface area contributed by atoms with Gasteiger partial charge in [0.25, 0.3) is 5.91 Å². The fraction of sp³-hybridized carbons (Fsp3) is 0.318. The van der Waals surface area contributed by atoms with Gasteiger partial charge in [-0.2, -0.15) is 0 Å². The summed E-state index contributed by atoms with van der Waals surface area (Å²) >= 11 is 7.94. The predicted molar refractivity (Wildman–Crippen MR) is 133 cm³/mol. The number of halogens is 1. The number of benzene rings is 1. The van der Waals surface area contributed by atoms with Gasteiger partial charge in [0.15, 0.2) is 9.84 Å². The molecule has 0 bridgehead atoms. The van der Waals surface area contributed by atoms with E-state index in [4.69, 9.17) is 12.2 Å². The number of sulfone groups is 1. The van der Waals surface area contributed by atoms with Crippen LogP contribution in [0.25, 0.3) is 6.08 Å². The van der Waals surface area contributed by atoms with Gasteiger partial charge >= 0.3 is 0 Å². The topological polar surface area (TPSA) is 74.8 Å². The molecule has 0 saturated carbocycles. The Bertz CT molecular complexity index is 1240. The SMILES string of the molecule is Cc1ccsc1CN(C(=O)CN1C(=O)/C(=C/c2ccc(F)cc2)SC1=S)C1CCS(=O)(=O)C1. The van der Waals surface area contributed by atoms with E-state index >= 15 is 0 Å². The van der Waals surface area contributed by atoms with Crippen molar-refractivity contribution in [3.63, 3.8) is 0 Å². The van der Waals surface area contributed by atoms with Gasteiger partial charge in [-0.15, -0.1) is 11.3 Å². The number of thioether (sulfide) groups is 1. The van der Waals surface area contributed by atoms with E-state index < -0.39 is 21.8 Å². The van der Waals surface area contributed by atoms with Crippen LogP contribution in [0, 0.1) is 12.7 Å². The lowest BCUT2D eigenvalue weighted by Crippen LogP contribution is -2.46. The highest BCUT2D eigenvalue weighted by Crippen LogP contribution is 2.33. The second-order valence-electron chi connectivity index (χ2n) is 7.92. The minimum Gasteiger partial charge on any atom is -0.332 e. The Morgan fingerprint density at radius 1 is 1.30 bits per heavy atom. The van der Waals surface area contributed by atoms with Crippen molar-refractivity contribution in [1.29, 1.82) is 0 Å². The predicted octanol–water partition coefficient (Wildman–Crippen LogP) is 3.61. The van der Waals surface area contributed by atoms with Gasteiger partial charge in [0.05, 0.1) is 23.0 Å². The molecule has 2 fully saturated rings. The molecule has 6 nitrogen and oxygen atoms in total. The molecule has 4 rings (SSSR count). The van der Waals surface area contributed by atoms with Crippen LogP contribution < -0.4 is 0 Å². The van der Waals surface area contributed by atoms with Crippen LogP contribution in [-0.2, 0) is 26.0 Å². The molecule has 1 unspecified atom stereocenters. The molecule has 2 aromatic rings. The monoisotopic (exact) mass is 524 g/mol. The maximum absolute atomic E-state index is 13.3. The molecule has 2 amide bonds. The average molecular weight is 525 g/mol. The minimum atomic E-state index is -3.20. The van der Waals surface area contributed by atoms with E-state index in [2.05, 4.69) is 0 Å². The van der Waals surface area contributed by atoms with Crippen LogP contribution in [0.2, 0.25) is 0 Å². The number of amides is 2. The van der Waals surface area contributed by atoms with Gasteiger partial charge in [-0.25, -0.2) is 12.8 Å². The van der Waals surface area contributed by atoms with Gasteiger partial charge in [-0.1, -0.05) is 36.1 Å². The molecule has 2 aliphatic rings. The second kappa shape index (κ2) is 9.65. The summed E-state index contributed by atoms with van der Waals surface area (Å²) in [6, 6.07) is 7.23. The molecule has 3 heterocycles. The maximum atomic E-state index is 13.3. The highest BCUT2D eigenvalue weighted by molar-refractivity contribution is 8.26. The molecule has 1 aromatic carbocycles. The lowest BCUT2D eigenvalue weighted by atomic mass is 10.2. The highest BCUT2D eigenvalue weighted by atomic mass is 32.2. The number of nitrogens with zero attached hydrogens (tertiary/aromatic N) is 2. The molecule has 174 valence electrons.